The summed E-state index contributed by atoms with van der Waals surface area (Å²) in [5.74, 6) is -2.20. The highest BCUT2D eigenvalue weighted by Gasteiger charge is 2.39. The SMILES string of the molecule is Cn1c2c(sc1=O)[C@@H](c1c(F)cccc1F)CC(=O)N2c1ccccc1. The van der Waals surface area contributed by atoms with Crippen molar-refractivity contribution in [2.45, 2.75) is 12.3 Å². The van der Waals surface area contributed by atoms with Crippen LogP contribution in [0.1, 0.15) is 22.8 Å². The molecule has 0 spiro atoms. The molecule has 132 valence electrons. The van der Waals surface area contributed by atoms with Crippen LogP contribution in [0.4, 0.5) is 20.3 Å². The number of carbonyl (C=O) groups excluding carboxylic acids is 1. The van der Waals surface area contributed by atoms with Crippen LogP contribution in [-0.2, 0) is 11.8 Å². The highest BCUT2D eigenvalue weighted by atomic mass is 32.1. The fourth-order valence-corrected chi connectivity index (χ4v) is 4.42. The number of thiazole rings is 1. The van der Waals surface area contributed by atoms with Crippen LogP contribution in [0.5, 0.6) is 0 Å². The van der Waals surface area contributed by atoms with Crippen molar-refractivity contribution in [3.63, 3.8) is 0 Å². The van der Waals surface area contributed by atoms with Crippen molar-refractivity contribution in [3.05, 3.63) is 80.3 Å². The monoisotopic (exact) mass is 372 g/mol. The second kappa shape index (κ2) is 6.17. The number of halogens is 2. The molecule has 0 unspecified atom stereocenters. The number of anilines is 2. The van der Waals surface area contributed by atoms with E-state index in [1.165, 1.54) is 15.5 Å². The molecule has 3 aromatic rings. The van der Waals surface area contributed by atoms with E-state index < -0.39 is 17.6 Å². The minimum absolute atomic E-state index is 0.111. The van der Waals surface area contributed by atoms with E-state index in [9.17, 15) is 18.4 Å². The van der Waals surface area contributed by atoms with Crippen LogP contribution in [0.2, 0.25) is 0 Å². The van der Waals surface area contributed by atoms with Gasteiger partial charge in [-0.25, -0.2) is 8.78 Å². The Balaban J connectivity index is 1.96. The van der Waals surface area contributed by atoms with Gasteiger partial charge in [-0.05, 0) is 24.3 Å². The van der Waals surface area contributed by atoms with Crippen LogP contribution < -0.4 is 9.77 Å². The second-order valence-corrected chi connectivity index (χ2v) is 7.06. The molecule has 0 radical (unpaired) electrons. The molecule has 2 aromatic carbocycles. The molecule has 0 bridgehead atoms. The van der Waals surface area contributed by atoms with Gasteiger partial charge in [-0.15, -0.1) is 0 Å². The Labute approximate surface area is 151 Å². The smallest absolute Gasteiger partial charge is 0.288 e. The second-order valence-electron chi connectivity index (χ2n) is 6.07. The average molecular weight is 372 g/mol. The molecule has 0 saturated carbocycles. The lowest BCUT2D eigenvalue weighted by Crippen LogP contribution is -2.35. The molecular weight excluding hydrogens is 358 g/mol. The van der Waals surface area contributed by atoms with Crippen molar-refractivity contribution in [1.82, 2.24) is 4.57 Å². The molecule has 26 heavy (non-hydrogen) atoms. The highest BCUT2D eigenvalue weighted by molar-refractivity contribution is 7.10. The lowest BCUT2D eigenvalue weighted by molar-refractivity contribution is -0.118. The third-order valence-corrected chi connectivity index (χ3v) is 5.66. The standard InChI is InChI=1S/C19H14F2N2O2S/c1-22-18-17(26-19(22)25)12(16-13(20)8-5-9-14(16)21)10-15(24)23(18)11-6-3-2-4-7-11/h2-9,12H,10H2,1H3/t12-/m1/s1. The molecule has 0 N–H and O–H groups in total. The quantitative estimate of drug-likeness (QED) is 0.684. The first kappa shape index (κ1) is 16.7. The minimum atomic E-state index is -0.822. The zero-order valence-corrected chi connectivity index (χ0v) is 14.6. The zero-order chi connectivity index (χ0) is 18.4. The van der Waals surface area contributed by atoms with Gasteiger partial charge in [0.1, 0.15) is 17.5 Å². The van der Waals surface area contributed by atoms with Crippen molar-refractivity contribution < 1.29 is 13.6 Å². The number of benzene rings is 2. The van der Waals surface area contributed by atoms with E-state index in [-0.39, 0.29) is 22.8 Å². The van der Waals surface area contributed by atoms with Gasteiger partial charge < -0.3 is 0 Å². The van der Waals surface area contributed by atoms with E-state index in [4.69, 9.17) is 0 Å². The molecule has 4 rings (SSSR count). The molecule has 0 aliphatic carbocycles. The molecule has 1 aliphatic heterocycles. The van der Waals surface area contributed by atoms with Gasteiger partial charge in [0.05, 0.1) is 10.6 Å². The van der Waals surface area contributed by atoms with E-state index >= 15 is 0 Å². The number of amides is 1. The van der Waals surface area contributed by atoms with Gasteiger partial charge in [0.2, 0.25) is 5.91 Å². The molecule has 7 heteroatoms. The zero-order valence-electron chi connectivity index (χ0n) is 13.8. The van der Waals surface area contributed by atoms with Gasteiger partial charge in [0.25, 0.3) is 0 Å². The number of para-hydroxylation sites is 1. The summed E-state index contributed by atoms with van der Waals surface area (Å²) in [7, 11) is 1.56. The van der Waals surface area contributed by atoms with Gasteiger partial charge in [-0.1, -0.05) is 35.6 Å². The van der Waals surface area contributed by atoms with Crippen molar-refractivity contribution in [2.75, 3.05) is 4.90 Å². The Bertz CT molecular complexity index is 1040. The van der Waals surface area contributed by atoms with Crippen molar-refractivity contribution in [3.8, 4) is 0 Å². The predicted octanol–water partition coefficient (Wildman–Crippen LogP) is 3.93. The van der Waals surface area contributed by atoms with Crippen LogP contribution in [-0.4, -0.2) is 10.5 Å². The van der Waals surface area contributed by atoms with E-state index in [1.807, 2.05) is 6.07 Å². The van der Waals surface area contributed by atoms with Crippen LogP contribution in [0.3, 0.4) is 0 Å². The fourth-order valence-electron chi connectivity index (χ4n) is 3.34. The fraction of sp³-hybridized carbons (Fsp3) is 0.158. The van der Waals surface area contributed by atoms with Gasteiger partial charge in [0.15, 0.2) is 0 Å². The highest BCUT2D eigenvalue weighted by Crippen LogP contribution is 2.45. The van der Waals surface area contributed by atoms with Gasteiger partial charge in [0, 0.05) is 24.9 Å². The molecular formula is C19H14F2N2O2S. The van der Waals surface area contributed by atoms with Gasteiger partial charge in [-0.3, -0.25) is 19.1 Å². The lowest BCUT2D eigenvalue weighted by Gasteiger charge is -2.32. The maximum Gasteiger partial charge on any atom is 0.308 e. The summed E-state index contributed by atoms with van der Waals surface area (Å²) in [6.07, 6.45) is -0.111. The van der Waals surface area contributed by atoms with Crippen LogP contribution in [0.25, 0.3) is 0 Å². The third-order valence-electron chi connectivity index (χ3n) is 4.53. The normalized spacial score (nSPS) is 16.7. The molecule has 1 aromatic heterocycles. The molecule has 0 saturated heterocycles. The van der Waals surface area contributed by atoms with Crippen molar-refractivity contribution >= 4 is 28.7 Å². The maximum atomic E-state index is 14.3. The molecule has 2 heterocycles. The average Bonchev–Trinajstić information content (AvgIpc) is 2.91. The van der Waals surface area contributed by atoms with E-state index in [1.54, 1.807) is 31.3 Å². The summed E-state index contributed by atoms with van der Waals surface area (Å²) in [4.78, 5) is 26.8. The minimum Gasteiger partial charge on any atom is -0.288 e. The number of rotatable bonds is 2. The first-order valence-electron chi connectivity index (χ1n) is 8.00. The summed E-state index contributed by atoms with van der Waals surface area (Å²) in [6, 6.07) is 12.5. The topological polar surface area (TPSA) is 42.3 Å². The molecule has 0 fully saturated rings. The maximum absolute atomic E-state index is 14.3. The summed E-state index contributed by atoms with van der Waals surface area (Å²) in [5, 5.41) is 0. The number of fused-ring (bicyclic) bond motifs is 1. The molecule has 1 atom stereocenters. The Morgan fingerprint density at radius 1 is 1.00 bits per heavy atom. The van der Waals surface area contributed by atoms with Crippen LogP contribution in [0.15, 0.2) is 53.3 Å². The number of hydrogen-bond acceptors (Lipinski definition) is 3. The van der Waals surface area contributed by atoms with E-state index in [0.717, 1.165) is 23.5 Å². The van der Waals surface area contributed by atoms with Crippen LogP contribution >= 0.6 is 11.3 Å². The van der Waals surface area contributed by atoms with Crippen LogP contribution in [0, 0.1) is 11.6 Å². The summed E-state index contributed by atoms with van der Waals surface area (Å²) >= 11 is 0.918. The third kappa shape index (κ3) is 2.47. The van der Waals surface area contributed by atoms with Gasteiger partial charge >= 0.3 is 4.87 Å². The van der Waals surface area contributed by atoms with E-state index in [0.29, 0.717) is 16.4 Å². The largest absolute Gasteiger partial charge is 0.308 e. The number of nitrogens with zero attached hydrogens (tertiary/aromatic N) is 2. The molecule has 1 aliphatic rings. The number of aromatic nitrogens is 1. The van der Waals surface area contributed by atoms with E-state index in [2.05, 4.69) is 0 Å². The molecule has 4 nitrogen and oxygen atoms in total. The number of hydrogen-bond donors (Lipinski definition) is 0. The van der Waals surface area contributed by atoms with Crippen molar-refractivity contribution in [1.29, 1.82) is 0 Å². The first-order chi connectivity index (χ1) is 12.5. The Kier molecular flexibility index (Phi) is 3.96. The lowest BCUT2D eigenvalue weighted by atomic mass is 9.89. The Hall–Kier alpha value is -2.80. The summed E-state index contributed by atoms with van der Waals surface area (Å²) in [5.41, 5.74) is 0.441. The van der Waals surface area contributed by atoms with Crippen molar-refractivity contribution in [2.24, 2.45) is 7.05 Å². The Morgan fingerprint density at radius 2 is 1.65 bits per heavy atom. The predicted molar refractivity (Wildman–Crippen MR) is 96.0 cm³/mol. The first-order valence-corrected chi connectivity index (χ1v) is 8.82. The summed E-state index contributed by atoms with van der Waals surface area (Å²) < 4.78 is 30.0. The Morgan fingerprint density at radius 3 is 2.31 bits per heavy atom. The number of carbonyl (C=O) groups is 1. The summed E-state index contributed by atoms with van der Waals surface area (Å²) in [6.45, 7) is 0. The van der Waals surface area contributed by atoms with Gasteiger partial charge in [-0.2, -0.15) is 0 Å². The molecule has 1 amide bonds.